The molecule has 37 heavy (non-hydrogen) atoms. The van der Waals surface area contributed by atoms with Crippen LogP contribution in [-0.4, -0.2) is 46.5 Å². The maximum absolute atomic E-state index is 13.5. The molecular formula is C30H30N4O3. The van der Waals surface area contributed by atoms with Crippen molar-refractivity contribution >= 4 is 28.4 Å². The van der Waals surface area contributed by atoms with Gasteiger partial charge >= 0.3 is 0 Å². The molecule has 0 aliphatic carbocycles. The molecule has 3 aromatic carbocycles. The van der Waals surface area contributed by atoms with Gasteiger partial charge in [0, 0.05) is 44.0 Å². The topological polar surface area (TPSA) is 77.8 Å². The van der Waals surface area contributed by atoms with Gasteiger partial charge in [0.15, 0.2) is 0 Å². The van der Waals surface area contributed by atoms with Gasteiger partial charge in [0.2, 0.25) is 5.91 Å². The summed E-state index contributed by atoms with van der Waals surface area (Å²) >= 11 is 0. The molecule has 6 rings (SSSR count). The van der Waals surface area contributed by atoms with Crippen molar-refractivity contribution in [2.45, 2.75) is 32.0 Å². The molecule has 2 amide bonds. The van der Waals surface area contributed by atoms with Crippen LogP contribution in [0, 0.1) is 0 Å². The van der Waals surface area contributed by atoms with Crippen LogP contribution in [0.4, 0.5) is 5.69 Å². The van der Waals surface area contributed by atoms with Gasteiger partial charge in [0.25, 0.3) is 5.91 Å². The lowest BCUT2D eigenvalue weighted by Crippen LogP contribution is -2.51. The first-order valence-electron chi connectivity index (χ1n) is 12.8. The molecule has 4 aromatic rings. The Labute approximate surface area is 215 Å². The van der Waals surface area contributed by atoms with E-state index >= 15 is 0 Å². The van der Waals surface area contributed by atoms with Gasteiger partial charge in [-0.2, -0.15) is 0 Å². The van der Waals surface area contributed by atoms with E-state index in [1.54, 1.807) is 12.1 Å². The SMILES string of the molecule is CN1c2ccccc2C(=O)N2CCc3c(n(CCC(=O)NCCc4ccc(O)cc4)c4ccccc34)[C@@H]21. The van der Waals surface area contributed by atoms with Gasteiger partial charge in [-0.15, -0.1) is 0 Å². The largest absolute Gasteiger partial charge is 0.508 e. The van der Waals surface area contributed by atoms with E-state index in [1.165, 1.54) is 10.9 Å². The third-order valence-electron chi connectivity index (χ3n) is 7.64. The maximum Gasteiger partial charge on any atom is 0.257 e. The third-order valence-corrected chi connectivity index (χ3v) is 7.64. The van der Waals surface area contributed by atoms with E-state index < -0.39 is 0 Å². The minimum atomic E-state index is -0.212. The van der Waals surface area contributed by atoms with Crippen molar-refractivity contribution in [3.05, 3.63) is 95.2 Å². The third kappa shape index (κ3) is 4.00. The summed E-state index contributed by atoms with van der Waals surface area (Å²) in [6.45, 7) is 1.74. The number of nitrogens with one attached hydrogen (secondary N) is 1. The molecule has 0 unspecified atom stereocenters. The smallest absolute Gasteiger partial charge is 0.257 e. The molecule has 0 bridgehead atoms. The lowest BCUT2D eigenvalue weighted by Gasteiger charge is -2.46. The minimum Gasteiger partial charge on any atom is -0.508 e. The number of carbonyl (C=O) groups is 2. The number of amides is 2. The van der Waals surface area contributed by atoms with Crippen molar-refractivity contribution in [1.82, 2.24) is 14.8 Å². The van der Waals surface area contributed by atoms with Crippen molar-refractivity contribution in [3.63, 3.8) is 0 Å². The molecular weight excluding hydrogens is 464 g/mol. The molecule has 2 N–H and O–H groups in total. The molecule has 1 atom stereocenters. The Balaban J connectivity index is 1.27. The highest BCUT2D eigenvalue weighted by Crippen LogP contribution is 2.44. The highest BCUT2D eigenvalue weighted by molar-refractivity contribution is 6.02. The Bertz CT molecular complexity index is 1490. The number of nitrogens with zero attached hydrogens (tertiary/aromatic N) is 3. The van der Waals surface area contributed by atoms with Gasteiger partial charge in [-0.25, -0.2) is 0 Å². The normalized spacial score (nSPS) is 16.4. The van der Waals surface area contributed by atoms with Gasteiger partial charge in [-0.05, 0) is 54.3 Å². The zero-order valence-corrected chi connectivity index (χ0v) is 20.9. The fraction of sp³-hybridized carbons (Fsp3) is 0.267. The molecule has 0 radical (unpaired) electrons. The van der Waals surface area contributed by atoms with Crippen LogP contribution in [-0.2, 0) is 24.2 Å². The van der Waals surface area contributed by atoms with Gasteiger partial charge in [0.1, 0.15) is 11.9 Å². The van der Waals surface area contributed by atoms with Crippen molar-refractivity contribution in [1.29, 1.82) is 0 Å². The highest BCUT2D eigenvalue weighted by Gasteiger charge is 2.42. The molecule has 0 saturated heterocycles. The molecule has 2 aliphatic rings. The Hall–Kier alpha value is -4.26. The number of phenols is 1. The summed E-state index contributed by atoms with van der Waals surface area (Å²) in [5.74, 6) is 0.298. The maximum atomic E-state index is 13.5. The average molecular weight is 495 g/mol. The molecule has 0 spiro atoms. The van der Waals surface area contributed by atoms with E-state index in [4.69, 9.17) is 0 Å². The van der Waals surface area contributed by atoms with Gasteiger partial charge < -0.3 is 24.8 Å². The monoisotopic (exact) mass is 494 g/mol. The number of aromatic hydroxyl groups is 1. The number of hydrogen-bond donors (Lipinski definition) is 2. The summed E-state index contributed by atoms with van der Waals surface area (Å²) in [7, 11) is 2.05. The number of fused-ring (bicyclic) bond motifs is 6. The number of benzene rings is 3. The molecule has 2 aliphatic heterocycles. The van der Waals surface area contributed by atoms with E-state index in [1.807, 2.05) is 47.4 Å². The first-order chi connectivity index (χ1) is 18.0. The Morgan fingerprint density at radius 3 is 2.62 bits per heavy atom. The van der Waals surface area contributed by atoms with Crippen LogP contribution in [0.2, 0.25) is 0 Å². The van der Waals surface area contributed by atoms with Crippen molar-refractivity contribution in [3.8, 4) is 5.75 Å². The summed E-state index contributed by atoms with van der Waals surface area (Å²) < 4.78 is 2.25. The average Bonchev–Trinajstić information content (AvgIpc) is 3.25. The predicted octanol–water partition coefficient (Wildman–Crippen LogP) is 4.24. The van der Waals surface area contributed by atoms with E-state index in [2.05, 4.69) is 40.0 Å². The standard InChI is InChI=1S/C30H30N4O3/c1-32-25-8-4-3-7-24(25)30(37)34-18-15-23-22-6-2-5-9-26(22)33(28(23)29(32)34)19-16-27(36)31-17-14-20-10-12-21(35)13-11-20/h2-13,29,35H,14-19H2,1H3,(H,31,36)/t29-/m1/s1. The molecule has 7 heteroatoms. The number of anilines is 1. The highest BCUT2D eigenvalue weighted by atomic mass is 16.3. The molecule has 1 aromatic heterocycles. The molecule has 3 heterocycles. The lowest BCUT2D eigenvalue weighted by molar-refractivity contribution is -0.121. The van der Waals surface area contributed by atoms with E-state index in [0.717, 1.165) is 34.4 Å². The van der Waals surface area contributed by atoms with Gasteiger partial charge in [0.05, 0.1) is 16.9 Å². The molecule has 0 fully saturated rings. The summed E-state index contributed by atoms with van der Waals surface area (Å²) in [6, 6.07) is 23.2. The number of rotatable bonds is 6. The van der Waals surface area contributed by atoms with Crippen molar-refractivity contribution in [2.24, 2.45) is 0 Å². The van der Waals surface area contributed by atoms with Crippen LogP contribution in [0.25, 0.3) is 10.9 Å². The van der Waals surface area contributed by atoms with Crippen LogP contribution in [0.1, 0.15) is 39.8 Å². The zero-order chi connectivity index (χ0) is 25.5. The Morgan fingerprint density at radius 2 is 1.78 bits per heavy atom. The Morgan fingerprint density at radius 1 is 1.03 bits per heavy atom. The van der Waals surface area contributed by atoms with E-state index in [9.17, 15) is 14.7 Å². The molecule has 7 nitrogen and oxygen atoms in total. The second-order valence-electron chi connectivity index (χ2n) is 9.80. The van der Waals surface area contributed by atoms with Gasteiger partial charge in [-0.3, -0.25) is 9.59 Å². The van der Waals surface area contributed by atoms with E-state index in [-0.39, 0.29) is 23.7 Å². The summed E-state index contributed by atoms with van der Waals surface area (Å²) in [5.41, 5.74) is 6.21. The second kappa shape index (κ2) is 9.32. The first-order valence-corrected chi connectivity index (χ1v) is 12.8. The number of carbonyl (C=O) groups excluding carboxylic acids is 2. The second-order valence-corrected chi connectivity index (χ2v) is 9.80. The van der Waals surface area contributed by atoms with Crippen LogP contribution < -0.4 is 10.2 Å². The van der Waals surface area contributed by atoms with Crippen LogP contribution in [0.15, 0.2) is 72.8 Å². The first kappa shape index (κ1) is 23.2. The summed E-state index contributed by atoms with van der Waals surface area (Å²) in [4.78, 5) is 30.4. The summed E-state index contributed by atoms with van der Waals surface area (Å²) in [6.07, 6.45) is 1.63. The quantitative estimate of drug-likeness (QED) is 0.420. The van der Waals surface area contributed by atoms with Crippen LogP contribution >= 0.6 is 0 Å². The zero-order valence-electron chi connectivity index (χ0n) is 20.9. The van der Waals surface area contributed by atoms with Crippen molar-refractivity contribution < 1.29 is 14.7 Å². The number of para-hydroxylation sites is 2. The lowest BCUT2D eigenvalue weighted by atomic mass is 9.96. The molecule has 0 saturated carbocycles. The predicted molar refractivity (Wildman–Crippen MR) is 144 cm³/mol. The number of aryl methyl sites for hydroxylation is 1. The fourth-order valence-electron chi connectivity index (χ4n) is 5.86. The molecule has 188 valence electrons. The minimum absolute atomic E-state index is 0.00334. The number of phenolic OH excluding ortho intramolecular Hbond substituents is 1. The van der Waals surface area contributed by atoms with E-state index in [0.29, 0.717) is 32.5 Å². The van der Waals surface area contributed by atoms with Crippen molar-refractivity contribution in [2.75, 3.05) is 25.0 Å². The van der Waals surface area contributed by atoms with Crippen LogP contribution in [0.5, 0.6) is 5.75 Å². The Kier molecular flexibility index (Phi) is 5.83. The fourth-order valence-corrected chi connectivity index (χ4v) is 5.86. The van der Waals surface area contributed by atoms with Crippen LogP contribution in [0.3, 0.4) is 0 Å². The number of aromatic nitrogens is 1. The summed E-state index contributed by atoms with van der Waals surface area (Å²) in [5, 5.41) is 13.7. The van der Waals surface area contributed by atoms with Gasteiger partial charge in [-0.1, -0.05) is 42.5 Å². The number of hydrogen-bond acceptors (Lipinski definition) is 4.